The summed E-state index contributed by atoms with van der Waals surface area (Å²) < 4.78 is 29.6. The molecule has 1 aliphatic heterocycles. The van der Waals surface area contributed by atoms with Crippen LogP contribution in [0.25, 0.3) is 0 Å². The minimum atomic E-state index is -3.33. The fraction of sp³-hybridized carbons (Fsp3) is 1.00. The molecule has 1 saturated carbocycles. The van der Waals surface area contributed by atoms with Gasteiger partial charge in [-0.25, -0.2) is 0 Å². The third-order valence-corrected chi connectivity index (χ3v) is 6.61. The molecule has 0 aromatic rings. The first-order valence-electron chi connectivity index (χ1n) is 6.67. The molecule has 1 saturated heterocycles. The minimum absolute atomic E-state index is 0.101. The summed E-state index contributed by atoms with van der Waals surface area (Å²) in [5.41, 5.74) is 0. The zero-order valence-corrected chi connectivity index (χ0v) is 12.2. The Morgan fingerprint density at radius 3 is 2.18 bits per heavy atom. The molecule has 0 bridgehead atoms. The summed E-state index contributed by atoms with van der Waals surface area (Å²) in [6.45, 7) is 10.6. The van der Waals surface area contributed by atoms with Crippen molar-refractivity contribution in [3.63, 3.8) is 0 Å². The maximum Gasteiger partial charge on any atom is 0.271 e. The van der Waals surface area contributed by atoms with E-state index in [-0.39, 0.29) is 29.1 Å². The molecule has 17 heavy (non-hydrogen) atoms. The van der Waals surface area contributed by atoms with Gasteiger partial charge in [0.15, 0.2) is 0 Å². The summed E-state index contributed by atoms with van der Waals surface area (Å²) in [6, 6.07) is 0. The molecule has 2 aliphatic rings. The number of hydrogen-bond acceptors (Lipinski definition) is 3. The molecule has 1 aliphatic carbocycles. The molecule has 0 aromatic carbocycles. The van der Waals surface area contributed by atoms with Gasteiger partial charge in [-0.1, -0.05) is 34.6 Å². The molecule has 100 valence electrons. The van der Waals surface area contributed by atoms with Gasteiger partial charge >= 0.3 is 0 Å². The largest absolute Gasteiger partial charge is 0.271 e. The number of fused-ring (bicyclic) bond motifs is 1. The first-order chi connectivity index (χ1) is 7.75. The van der Waals surface area contributed by atoms with Crippen LogP contribution in [0.1, 0.15) is 41.0 Å². The predicted molar refractivity (Wildman–Crippen MR) is 68.0 cm³/mol. The van der Waals surface area contributed by atoms with Crippen LogP contribution in [0, 0.1) is 29.6 Å². The van der Waals surface area contributed by atoms with Gasteiger partial charge in [0.2, 0.25) is 0 Å². The van der Waals surface area contributed by atoms with Gasteiger partial charge in [-0.2, -0.15) is 8.42 Å². The van der Waals surface area contributed by atoms with Crippen molar-refractivity contribution in [3.05, 3.63) is 0 Å². The SMILES string of the molecule is CC(C)C1CC2C(C(C)C)OS(=O)(=O)C2C1C. The molecule has 1 heterocycles. The Labute approximate surface area is 105 Å². The smallest absolute Gasteiger partial charge is 0.266 e. The maximum atomic E-state index is 12.1. The molecule has 0 N–H and O–H groups in total. The molecule has 0 radical (unpaired) electrons. The van der Waals surface area contributed by atoms with Crippen LogP contribution in [0.2, 0.25) is 0 Å². The first kappa shape index (κ1) is 13.3. The van der Waals surface area contributed by atoms with Crippen molar-refractivity contribution in [2.24, 2.45) is 29.6 Å². The molecular formula is C13H24O3S. The maximum absolute atomic E-state index is 12.1. The number of hydrogen-bond donors (Lipinski definition) is 0. The number of rotatable bonds is 2. The summed E-state index contributed by atoms with van der Waals surface area (Å²) in [5.74, 6) is 1.79. The van der Waals surface area contributed by atoms with Gasteiger partial charge in [0.1, 0.15) is 0 Å². The molecule has 5 unspecified atom stereocenters. The molecule has 2 rings (SSSR count). The highest BCUT2D eigenvalue weighted by Gasteiger charge is 2.58. The minimum Gasteiger partial charge on any atom is -0.266 e. The zero-order valence-electron chi connectivity index (χ0n) is 11.4. The van der Waals surface area contributed by atoms with Gasteiger partial charge in [0.25, 0.3) is 10.1 Å². The lowest BCUT2D eigenvalue weighted by Crippen LogP contribution is -2.27. The Morgan fingerprint density at radius 1 is 1.12 bits per heavy atom. The monoisotopic (exact) mass is 260 g/mol. The van der Waals surface area contributed by atoms with E-state index in [0.29, 0.717) is 11.8 Å². The molecule has 0 spiro atoms. The van der Waals surface area contributed by atoms with Crippen LogP contribution in [0.3, 0.4) is 0 Å². The molecule has 2 fully saturated rings. The highest BCUT2D eigenvalue weighted by molar-refractivity contribution is 7.87. The van der Waals surface area contributed by atoms with Crippen LogP contribution in [0.5, 0.6) is 0 Å². The van der Waals surface area contributed by atoms with Crippen LogP contribution in [-0.2, 0) is 14.3 Å². The van der Waals surface area contributed by atoms with Crippen molar-refractivity contribution in [1.82, 2.24) is 0 Å². The second-order valence-corrected chi connectivity index (χ2v) is 8.15. The van der Waals surface area contributed by atoms with Crippen molar-refractivity contribution in [2.75, 3.05) is 0 Å². The Bertz CT molecular complexity index is 385. The lowest BCUT2D eigenvalue weighted by atomic mass is 9.86. The van der Waals surface area contributed by atoms with Crippen molar-refractivity contribution in [2.45, 2.75) is 52.4 Å². The summed E-state index contributed by atoms with van der Waals surface area (Å²) in [5, 5.41) is -0.262. The molecule has 4 heteroatoms. The van der Waals surface area contributed by atoms with Crippen LogP contribution >= 0.6 is 0 Å². The van der Waals surface area contributed by atoms with E-state index in [1.165, 1.54) is 0 Å². The van der Waals surface area contributed by atoms with Gasteiger partial charge < -0.3 is 0 Å². The third-order valence-electron chi connectivity index (χ3n) is 4.67. The second kappa shape index (κ2) is 4.23. The zero-order chi connectivity index (χ0) is 13.0. The Kier molecular flexibility index (Phi) is 3.32. The van der Waals surface area contributed by atoms with Crippen molar-refractivity contribution < 1.29 is 12.6 Å². The van der Waals surface area contributed by atoms with Gasteiger partial charge in [0.05, 0.1) is 11.4 Å². The van der Waals surface area contributed by atoms with Crippen LogP contribution < -0.4 is 0 Å². The Balaban J connectivity index is 2.32. The van der Waals surface area contributed by atoms with Gasteiger partial charge in [-0.05, 0) is 30.1 Å². The quantitative estimate of drug-likeness (QED) is 0.717. The summed E-state index contributed by atoms with van der Waals surface area (Å²) >= 11 is 0. The average molecular weight is 260 g/mol. The van der Waals surface area contributed by atoms with Gasteiger partial charge in [-0.3, -0.25) is 4.18 Å². The molecule has 0 aromatic heterocycles. The van der Waals surface area contributed by atoms with E-state index in [4.69, 9.17) is 4.18 Å². The van der Waals surface area contributed by atoms with E-state index in [1.54, 1.807) is 0 Å². The summed E-state index contributed by atoms with van der Waals surface area (Å²) in [7, 11) is -3.33. The fourth-order valence-corrected chi connectivity index (χ4v) is 6.09. The van der Waals surface area contributed by atoms with Gasteiger partial charge in [0, 0.05) is 5.92 Å². The van der Waals surface area contributed by atoms with Crippen LogP contribution in [-0.4, -0.2) is 19.8 Å². The topological polar surface area (TPSA) is 43.4 Å². The summed E-state index contributed by atoms with van der Waals surface area (Å²) in [4.78, 5) is 0. The van der Waals surface area contributed by atoms with E-state index in [2.05, 4.69) is 34.6 Å². The van der Waals surface area contributed by atoms with Crippen molar-refractivity contribution >= 4 is 10.1 Å². The standard InChI is InChI=1S/C13H24O3S/c1-7(2)10-6-11-12(8(3)4)16-17(14,15)13(11)9(10)5/h7-13H,6H2,1-5H3. The van der Waals surface area contributed by atoms with E-state index in [0.717, 1.165) is 6.42 Å². The Hall–Kier alpha value is -0.0900. The van der Waals surface area contributed by atoms with Crippen molar-refractivity contribution in [3.8, 4) is 0 Å². The van der Waals surface area contributed by atoms with Crippen LogP contribution in [0.4, 0.5) is 0 Å². The second-order valence-electron chi connectivity index (χ2n) is 6.43. The van der Waals surface area contributed by atoms with E-state index in [1.807, 2.05) is 0 Å². The lowest BCUT2D eigenvalue weighted by molar-refractivity contribution is 0.127. The highest BCUT2D eigenvalue weighted by atomic mass is 32.2. The highest BCUT2D eigenvalue weighted by Crippen LogP contribution is 2.51. The van der Waals surface area contributed by atoms with Crippen LogP contribution in [0.15, 0.2) is 0 Å². The van der Waals surface area contributed by atoms with Crippen molar-refractivity contribution in [1.29, 1.82) is 0 Å². The van der Waals surface area contributed by atoms with E-state index < -0.39 is 10.1 Å². The molecule has 3 nitrogen and oxygen atoms in total. The van der Waals surface area contributed by atoms with Gasteiger partial charge in [-0.15, -0.1) is 0 Å². The normalized spacial score (nSPS) is 44.5. The molecular weight excluding hydrogens is 236 g/mol. The molecule has 0 amide bonds. The summed E-state index contributed by atoms with van der Waals surface area (Å²) in [6.07, 6.45) is 0.905. The first-order valence-corrected chi connectivity index (χ1v) is 8.15. The van der Waals surface area contributed by atoms with E-state index >= 15 is 0 Å². The lowest BCUT2D eigenvalue weighted by Gasteiger charge is -2.23. The average Bonchev–Trinajstić information content (AvgIpc) is 2.64. The molecule has 5 atom stereocenters. The predicted octanol–water partition coefficient (Wildman–Crippen LogP) is 2.67. The van der Waals surface area contributed by atoms with E-state index in [9.17, 15) is 8.42 Å². The Morgan fingerprint density at radius 2 is 1.71 bits per heavy atom. The fourth-order valence-electron chi connectivity index (χ4n) is 3.87. The third kappa shape index (κ3) is 2.03.